The van der Waals surface area contributed by atoms with Gasteiger partial charge in [-0.3, -0.25) is 0 Å². The predicted molar refractivity (Wildman–Crippen MR) is 55.6 cm³/mol. The second-order valence-corrected chi connectivity index (χ2v) is 3.20. The van der Waals surface area contributed by atoms with Crippen molar-refractivity contribution in [1.82, 2.24) is 14.8 Å². The highest BCUT2D eigenvalue weighted by molar-refractivity contribution is 5.92. The first-order chi connectivity index (χ1) is 8.00. The summed E-state index contributed by atoms with van der Waals surface area (Å²) < 4.78 is 0.628. The maximum atomic E-state index is 11.3. The summed E-state index contributed by atoms with van der Waals surface area (Å²) in [7, 11) is 0. The molecular weight excluding hydrogens is 230 g/mol. The molecule has 0 saturated heterocycles. The maximum Gasteiger partial charge on any atom is 0.349 e. The molecule has 1 aromatic heterocycles. The minimum atomic E-state index is -1.36. The number of nitrogens with zero attached hydrogens (tertiary/aromatic N) is 1. The van der Waals surface area contributed by atoms with Gasteiger partial charge in [0.1, 0.15) is 5.75 Å². The summed E-state index contributed by atoms with van der Waals surface area (Å²) in [4.78, 5) is 33.6. The van der Waals surface area contributed by atoms with Crippen molar-refractivity contribution in [2.45, 2.75) is 0 Å². The Kier molecular flexibility index (Phi) is 2.32. The average molecular weight is 237 g/mol. The van der Waals surface area contributed by atoms with Gasteiger partial charge in [0.05, 0.1) is 11.3 Å². The first-order valence-electron chi connectivity index (χ1n) is 4.47. The van der Waals surface area contributed by atoms with Gasteiger partial charge >= 0.3 is 17.3 Å². The van der Waals surface area contributed by atoms with Crippen LogP contribution >= 0.6 is 0 Å². The van der Waals surface area contributed by atoms with Crippen LogP contribution in [0, 0.1) is 0 Å². The molecule has 17 heavy (non-hydrogen) atoms. The molecule has 2 rings (SSSR count). The zero-order valence-corrected chi connectivity index (χ0v) is 8.30. The number of nitrogens with one attached hydrogen (secondary N) is 2. The van der Waals surface area contributed by atoms with Crippen LogP contribution < -0.4 is 11.4 Å². The Balaban J connectivity index is 2.81. The highest BCUT2D eigenvalue weighted by Crippen LogP contribution is 2.18. The fourth-order valence-electron chi connectivity index (χ4n) is 1.42. The number of benzene rings is 1. The number of phenolic OH excluding ortho intramolecular Hbond substituents is 1. The van der Waals surface area contributed by atoms with E-state index in [1.54, 1.807) is 0 Å². The number of carbonyl (C=O) groups is 1. The fourth-order valence-corrected chi connectivity index (χ4v) is 1.42. The van der Waals surface area contributed by atoms with E-state index in [4.69, 9.17) is 5.11 Å². The SMILES string of the molecule is O=C(O)c1cc(O)ccc1-n1c(=O)[nH][nH]c1=O. The molecule has 0 aliphatic heterocycles. The van der Waals surface area contributed by atoms with Crippen molar-refractivity contribution < 1.29 is 15.0 Å². The normalized spacial score (nSPS) is 10.4. The van der Waals surface area contributed by atoms with Crippen molar-refractivity contribution in [3.05, 3.63) is 44.7 Å². The highest BCUT2D eigenvalue weighted by Gasteiger charge is 2.16. The molecule has 2 aromatic rings. The molecule has 0 saturated carbocycles. The number of aromatic carboxylic acids is 1. The predicted octanol–water partition coefficient (Wildman–Crippen LogP) is -0.742. The molecular formula is C9H7N3O5. The number of aromatic hydroxyl groups is 1. The fraction of sp³-hybridized carbons (Fsp3) is 0. The van der Waals surface area contributed by atoms with Gasteiger partial charge in [-0.15, -0.1) is 0 Å². The van der Waals surface area contributed by atoms with Crippen LogP contribution in [0.3, 0.4) is 0 Å². The molecule has 4 N–H and O–H groups in total. The number of phenols is 1. The molecule has 1 heterocycles. The van der Waals surface area contributed by atoms with Crippen molar-refractivity contribution in [1.29, 1.82) is 0 Å². The van der Waals surface area contributed by atoms with Gasteiger partial charge in [-0.05, 0) is 18.2 Å². The van der Waals surface area contributed by atoms with E-state index in [9.17, 15) is 19.5 Å². The third-order valence-electron chi connectivity index (χ3n) is 2.13. The number of hydrogen-bond acceptors (Lipinski definition) is 4. The second-order valence-electron chi connectivity index (χ2n) is 3.20. The molecule has 0 aliphatic rings. The van der Waals surface area contributed by atoms with Crippen LogP contribution in [-0.4, -0.2) is 30.9 Å². The molecule has 0 atom stereocenters. The largest absolute Gasteiger partial charge is 0.508 e. The van der Waals surface area contributed by atoms with Gasteiger partial charge in [0.25, 0.3) is 0 Å². The molecule has 0 amide bonds. The minimum absolute atomic E-state index is 0.122. The number of carboxylic acids is 1. The van der Waals surface area contributed by atoms with Crippen LogP contribution in [0.15, 0.2) is 27.8 Å². The van der Waals surface area contributed by atoms with E-state index in [0.29, 0.717) is 4.57 Å². The molecule has 0 aliphatic carbocycles. The van der Waals surface area contributed by atoms with Crippen molar-refractivity contribution in [3.8, 4) is 11.4 Å². The molecule has 0 bridgehead atoms. The van der Waals surface area contributed by atoms with Gasteiger partial charge in [-0.1, -0.05) is 0 Å². The van der Waals surface area contributed by atoms with Crippen LogP contribution in [0.25, 0.3) is 5.69 Å². The van der Waals surface area contributed by atoms with Gasteiger partial charge in [-0.25, -0.2) is 29.1 Å². The lowest BCUT2D eigenvalue weighted by Gasteiger charge is -2.04. The van der Waals surface area contributed by atoms with Crippen molar-refractivity contribution >= 4 is 5.97 Å². The van der Waals surface area contributed by atoms with Crippen LogP contribution in [0.2, 0.25) is 0 Å². The number of carboxylic acid groups (broad SMARTS) is 1. The zero-order valence-electron chi connectivity index (χ0n) is 8.30. The average Bonchev–Trinajstić information content (AvgIpc) is 2.59. The topological polar surface area (TPSA) is 128 Å². The van der Waals surface area contributed by atoms with Gasteiger partial charge in [0.15, 0.2) is 0 Å². The van der Waals surface area contributed by atoms with E-state index in [0.717, 1.165) is 6.07 Å². The van der Waals surface area contributed by atoms with Crippen LogP contribution in [0.5, 0.6) is 5.75 Å². The Bertz CT molecular complexity index is 666. The van der Waals surface area contributed by atoms with Crippen molar-refractivity contribution in [2.24, 2.45) is 0 Å². The molecule has 88 valence electrons. The van der Waals surface area contributed by atoms with Gasteiger partial charge in [-0.2, -0.15) is 0 Å². The smallest absolute Gasteiger partial charge is 0.349 e. The molecule has 8 heteroatoms. The summed E-state index contributed by atoms with van der Waals surface area (Å²) in [6.07, 6.45) is 0. The monoisotopic (exact) mass is 237 g/mol. The number of hydrogen-bond donors (Lipinski definition) is 4. The minimum Gasteiger partial charge on any atom is -0.508 e. The standard InChI is InChI=1S/C9H7N3O5/c13-4-1-2-6(5(3-4)7(14)15)12-8(16)10-11-9(12)17/h1-3,13H,(H,10,16)(H,11,17)(H,14,15). The first kappa shape index (κ1) is 10.7. The number of aromatic amines is 2. The number of H-pyrrole nitrogens is 2. The van der Waals surface area contributed by atoms with Gasteiger partial charge in [0, 0.05) is 0 Å². The summed E-state index contributed by atoms with van der Waals surface area (Å²) >= 11 is 0. The van der Waals surface area contributed by atoms with Crippen LogP contribution in [0.4, 0.5) is 0 Å². The lowest BCUT2D eigenvalue weighted by Crippen LogP contribution is -2.26. The number of rotatable bonds is 2. The Morgan fingerprint density at radius 3 is 2.29 bits per heavy atom. The Labute approximate surface area is 92.8 Å². The molecule has 0 radical (unpaired) electrons. The zero-order chi connectivity index (χ0) is 12.6. The summed E-state index contributed by atoms with van der Waals surface area (Å²) in [5, 5.41) is 22.2. The summed E-state index contributed by atoms with van der Waals surface area (Å²) in [5.41, 5.74) is -2.05. The van der Waals surface area contributed by atoms with E-state index in [2.05, 4.69) is 0 Å². The van der Waals surface area contributed by atoms with Crippen molar-refractivity contribution in [3.63, 3.8) is 0 Å². The Morgan fingerprint density at radius 2 is 1.76 bits per heavy atom. The number of aromatic nitrogens is 3. The van der Waals surface area contributed by atoms with E-state index < -0.39 is 17.3 Å². The third-order valence-corrected chi connectivity index (χ3v) is 2.13. The van der Waals surface area contributed by atoms with E-state index in [1.165, 1.54) is 12.1 Å². The second kappa shape index (κ2) is 3.67. The molecule has 0 spiro atoms. The summed E-state index contributed by atoms with van der Waals surface area (Å²) in [6, 6.07) is 3.31. The van der Waals surface area contributed by atoms with E-state index >= 15 is 0 Å². The highest BCUT2D eigenvalue weighted by atomic mass is 16.4. The van der Waals surface area contributed by atoms with E-state index in [-0.39, 0.29) is 17.0 Å². The first-order valence-corrected chi connectivity index (χ1v) is 4.47. The molecule has 0 unspecified atom stereocenters. The summed E-state index contributed by atoms with van der Waals surface area (Å²) in [5.74, 6) is -1.63. The lowest BCUT2D eigenvalue weighted by atomic mass is 10.1. The van der Waals surface area contributed by atoms with Crippen molar-refractivity contribution in [2.75, 3.05) is 0 Å². The molecule has 8 nitrogen and oxygen atoms in total. The Hall–Kier alpha value is -2.77. The van der Waals surface area contributed by atoms with Crippen LogP contribution in [0.1, 0.15) is 10.4 Å². The maximum absolute atomic E-state index is 11.3. The Morgan fingerprint density at radius 1 is 1.18 bits per heavy atom. The van der Waals surface area contributed by atoms with Gasteiger partial charge in [0.2, 0.25) is 0 Å². The molecule has 0 fully saturated rings. The van der Waals surface area contributed by atoms with Crippen LogP contribution in [-0.2, 0) is 0 Å². The molecule has 1 aromatic carbocycles. The van der Waals surface area contributed by atoms with E-state index in [1.807, 2.05) is 10.2 Å². The van der Waals surface area contributed by atoms with Gasteiger partial charge < -0.3 is 10.2 Å². The third kappa shape index (κ3) is 1.71. The quantitative estimate of drug-likeness (QED) is 0.546. The summed E-state index contributed by atoms with van der Waals surface area (Å²) in [6.45, 7) is 0. The lowest BCUT2D eigenvalue weighted by molar-refractivity contribution is 0.0696.